The van der Waals surface area contributed by atoms with Crippen LogP contribution in [0.1, 0.15) is 29.5 Å². The lowest BCUT2D eigenvalue weighted by molar-refractivity contribution is -0.899. The van der Waals surface area contributed by atoms with E-state index in [0.717, 1.165) is 53.8 Å². The minimum atomic E-state index is -0.823. The average molecular weight is 444 g/mol. The minimum absolute atomic E-state index is 0.141. The Morgan fingerprint density at radius 2 is 1.64 bits per heavy atom. The normalized spacial score (nSPS) is 20.5. The van der Waals surface area contributed by atoms with Crippen LogP contribution in [0.25, 0.3) is 0 Å². The van der Waals surface area contributed by atoms with Gasteiger partial charge in [-0.2, -0.15) is 0 Å². The van der Waals surface area contributed by atoms with Crippen molar-refractivity contribution in [1.29, 1.82) is 0 Å². The fourth-order valence-electron chi connectivity index (χ4n) is 5.61. The van der Waals surface area contributed by atoms with Gasteiger partial charge in [0, 0.05) is 18.8 Å². The summed E-state index contributed by atoms with van der Waals surface area (Å²) in [5, 5.41) is 0. The Bertz CT molecular complexity index is 1030. The van der Waals surface area contributed by atoms with E-state index in [4.69, 9.17) is 10.5 Å². The maximum Gasteiger partial charge on any atom is 0.233 e. The number of hydrogen-bond donors (Lipinski definition) is 1. The molecule has 1 fully saturated rings. The van der Waals surface area contributed by atoms with E-state index < -0.39 is 5.41 Å². The van der Waals surface area contributed by atoms with Crippen LogP contribution in [0.3, 0.4) is 0 Å². The molecule has 1 saturated heterocycles. The number of hydrogen-bond acceptors (Lipinski definition) is 2. The Morgan fingerprint density at radius 3 is 2.21 bits per heavy atom. The van der Waals surface area contributed by atoms with Crippen molar-refractivity contribution in [3.8, 4) is 5.75 Å². The fourth-order valence-corrected chi connectivity index (χ4v) is 5.61. The first-order chi connectivity index (χ1) is 15.9. The smallest absolute Gasteiger partial charge is 0.233 e. The van der Waals surface area contributed by atoms with Crippen molar-refractivity contribution in [2.75, 3.05) is 33.3 Å². The van der Waals surface area contributed by atoms with Crippen molar-refractivity contribution in [3.05, 3.63) is 102 Å². The van der Waals surface area contributed by atoms with Crippen LogP contribution in [-0.2, 0) is 10.2 Å². The zero-order chi connectivity index (χ0) is 23.3. The SMILES string of the molecule is Cc1cccc(OCCC[N+]2(C)CC[C@@H](C(C(N)=O)(c3ccccc3)c3ccccc3)C2)c1. The van der Waals surface area contributed by atoms with Gasteiger partial charge in [0.1, 0.15) is 11.2 Å². The Kier molecular flexibility index (Phi) is 6.85. The summed E-state index contributed by atoms with van der Waals surface area (Å²) in [6.45, 7) is 5.73. The number of nitrogens with zero attached hydrogens (tertiary/aromatic N) is 1. The van der Waals surface area contributed by atoms with Crippen molar-refractivity contribution in [1.82, 2.24) is 0 Å². The van der Waals surface area contributed by atoms with Gasteiger partial charge in [0.15, 0.2) is 0 Å². The number of aryl methyl sites for hydroxylation is 1. The molecule has 0 saturated carbocycles. The van der Waals surface area contributed by atoms with Crippen LogP contribution in [0.15, 0.2) is 84.9 Å². The van der Waals surface area contributed by atoms with Gasteiger partial charge in [-0.3, -0.25) is 4.79 Å². The largest absolute Gasteiger partial charge is 0.493 e. The standard InChI is InChI=1S/C29H34N2O2/c1-23-11-9-16-27(21-23)33-20-10-18-31(2)19-17-26(22-31)29(28(30)32,24-12-5-3-6-13-24)25-14-7-4-8-15-25/h3-9,11-16,21,26H,10,17-20,22H2,1-2H3,(H-,30,32)/p+1/t26-,31?/m1/s1. The number of amides is 1. The molecule has 4 heteroatoms. The summed E-state index contributed by atoms with van der Waals surface area (Å²) >= 11 is 0. The van der Waals surface area contributed by atoms with E-state index in [2.05, 4.69) is 50.4 Å². The zero-order valence-corrected chi connectivity index (χ0v) is 19.7. The fraction of sp³-hybridized carbons (Fsp3) is 0.345. The van der Waals surface area contributed by atoms with Crippen molar-refractivity contribution in [2.45, 2.75) is 25.2 Å². The van der Waals surface area contributed by atoms with E-state index in [1.165, 1.54) is 5.56 Å². The molecule has 1 amide bonds. The quantitative estimate of drug-likeness (QED) is 0.385. The Balaban J connectivity index is 1.52. The summed E-state index contributed by atoms with van der Waals surface area (Å²) in [7, 11) is 2.30. The van der Waals surface area contributed by atoms with Crippen molar-refractivity contribution < 1.29 is 14.0 Å². The van der Waals surface area contributed by atoms with Crippen LogP contribution in [0.2, 0.25) is 0 Å². The molecule has 1 aliphatic heterocycles. The van der Waals surface area contributed by atoms with E-state index in [-0.39, 0.29) is 11.8 Å². The monoisotopic (exact) mass is 443 g/mol. The minimum Gasteiger partial charge on any atom is -0.493 e. The van der Waals surface area contributed by atoms with Gasteiger partial charge in [-0.1, -0.05) is 72.8 Å². The second kappa shape index (κ2) is 9.80. The van der Waals surface area contributed by atoms with Crippen LogP contribution in [0.5, 0.6) is 5.75 Å². The van der Waals surface area contributed by atoms with Gasteiger partial charge >= 0.3 is 0 Å². The first-order valence-electron chi connectivity index (χ1n) is 11.9. The first kappa shape index (κ1) is 23.1. The molecule has 0 bridgehead atoms. The van der Waals surface area contributed by atoms with Crippen LogP contribution in [0, 0.1) is 12.8 Å². The molecule has 172 valence electrons. The highest BCUT2D eigenvalue weighted by Crippen LogP contribution is 2.45. The van der Waals surface area contributed by atoms with Gasteiger partial charge in [0.25, 0.3) is 0 Å². The molecule has 3 aromatic rings. The summed E-state index contributed by atoms with van der Waals surface area (Å²) in [6, 6.07) is 28.4. The van der Waals surface area contributed by atoms with Crippen LogP contribution >= 0.6 is 0 Å². The number of ether oxygens (including phenoxy) is 1. The van der Waals surface area contributed by atoms with Crippen LogP contribution in [0.4, 0.5) is 0 Å². The molecule has 0 aromatic heterocycles. The van der Waals surface area contributed by atoms with Gasteiger partial charge in [0.2, 0.25) is 5.91 Å². The highest BCUT2D eigenvalue weighted by molar-refractivity contribution is 5.91. The number of benzene rings is 3. The molecule has 3 aromatic carbocycles. The molecular weight excluding hydrogens is 408 g/mol. The Morgan fingerprint density at radius 1 is 1.00 bits per heavy atom. The van der Waals surface area contributed by atoms with Crippen LogP contribution in [-0.4, -0.2) is 43.7 Å². The molecule has 2 atom stereocenters. The number of likely N-dealkylation sites (tertiary alicyclic amines) is 1. The third kappa shape index (κ3) is 4.81. The van der Waals surface area contributed by atoms with E-state index in [1.54, 1.807) is 0 Å². The predicted molar refractivity (Wildman–Crippen MR) is 133 cm³/mol. The summed E-state index contributed by atoms with van der Waals surface area (Å²) in [5.41, 5.74) is 8.60. The number of carbonyl (C=O) groups is 1. The summed E-state index contributed by atoms with van der Waals surface area (Å²) in [4.78, 5) is 13.3. The molecule has 1 heterocycles. The van der Waals surface area contributed by atoms with E-state index >= 15 is 0 Å². The predicted octanol–water partition coefficient (Wildman–Crippen LogP) is 4.70. The van der Waals surface area contributed by atoms with Gasteiger partial charge in [-0.25, -0.2) is 0 Å². The lowest BCUT2D eigenvalue weighted by atomic mass is 9.64. The lowest BCUT2D eigenvalue weighted by Gasteiger charge is -2.38. The topological polar surface area (TPSA) is 52.3 Å². The average Bonchev–Trinajstić information content (AvgIpc) is 3.21. The molecular formula is C29H35N2O2+. The van der Waals surface area contributed by atoms with Gasteiger partial charge in [-0.05, 0) is 35.7 Å². The Labute approximate surface area is 197 Å². The maximum absolute atomic E-state index is 13.3. The molecule has 33 heavy (non-hydrogen) atoms. The highest BCUT2D eigenvalue weighted by atomic mass is 16.5. The zero-order valence-electron chi connectivity index (χ0n) is 19.7. The number of primary amides is 1. The molecule has 1 unspecified atom stereocenters. The van der Waals surface area contributed by atoms with Crippen molar-refractivity contribution in [3.63, 3.8) is 0 Å². The second-order valence-corrected chi connectivity index (χ2v) is 9.66. The van der Waals surface area contributed by atoms with Gasteiger partial charge < -0.3 is 15.0 Å². The first-order valence-corrected chi connectivity index (χ1v) is 11.9. The number of nitrogens with two attached hydrogens (primary N) is 1. The maximum atomic E-state index is 13.3. The molecule has 2 N–H and O–H groups in total. The summed E-state index contributed by atoms with van der Waals surface area (Å²) < 4.78 is 6.91. The van der Waals surface area contributed by atoms with Gasteiger partial charge in [-0.15, -0.1) is 0 Å². The number of rotatable bonds is 9. The summed E-state index contributed by atoms with van der Waals surface area (Å²) in [5.74, 6) is 0.807. The molecule has 4 rings (SSSR count). The lowest BCUT2D eigenvalue weighted by Crippen LogP contribution is -2.51. The van der Waals surface area contributed by atoms with Crippen molar-refractivity contribution >= 4 is 5.91 Å². The molecule has 1 aliphatic rings. The highest BCUT2D eigenvalue weighted by Gasteiger charge is 2.53. The number of quaternary nitrogens is 1. The number of carbonyl (C=O) groups excluding carboxylic acids is 1. The molecule has 0 aliphatic carbocycles. The van der Waals surface area contributed by atoms with Crippen LogP contribution < -0.4 is 10.5 Å². The third-order valence-electron chi connectivity index (χ3n) is 7.24. The van der Waals surface area contributed by atoms with E-state index in [9.17, 15) is 4.79 Å². The van der Waals surface area contributed by atoms with Gasteiger partial charge in [0.05, 0.1) is 33.3 Å². The van der Waals surface area contributed by atoms with E-state index in [0.29, 0.717) is 6.61 Å². The van der Waals surface area contributed by atoms with E-state index in [1.807, 2.05) is 48.5 Å². The Hall–Kier alpha value is -3.11. The summed E-state index contributed by atoms with van der Waals surface area (Å²) in [6.07, 6.45) is 1.93. The second-order valence-electron chi connectivity index (χ2n) is 9.66. The molecule has 4 nitrogen and oxygen atoms in total. The van der Waals surface area contributed by atoms with Crippen molar-refractivity contribution in [2.24, 2.45) is 11.7 Å². The molecule has 0 spiro atoms. The third-order valence-corrected chi connectivity index (χ3v) is 7.24. The molecule has 0 radical (unpaired) electrons.